The Balaban J connectivity index is 1.61. The van der Waals surface area contributed by atoms with Crippen molar-refractivity contribution in [3.63, 3.8) is 0 Å². The average molecular weight is 399 g/mol. The lowest BCUT2D eigenvalue weighted by Crippen LogP contribution is -2.41. The molecule has 0 aromatic carbocycles. The van der Waals surface area contributed by atoms with Crippen molar-refractivity contribution in [3.05, 3.63) is 46.0 Å². The fourth-order valence-electron chi connectivity index (χ4n) is 3.38. The van der Waals surface area contributed by atoms with Crippen LogP contribution in [0.1, 0.15) is 49.8 Å². The van der Waals surface area contributed by atoms with Crippen LogP contribution in [-0.2, 0) is 12.0 Å². The van der Waals surface area contributed by atoms with Crippen LogP contribution in [0.25, 0.3) is 0 Å². The van der Waals surface area contributed by atoms with Crippen LogP contribution in [0.2, 0.25) is 0 Å². The number of rotatable bonds is 4. The van der Waals surface area contributed by atoms with Gasteiger partial charge >= 0.3 is 0 Å². The summed E-state index contributed by atoms with van der Waals surface area (Å²) in [6.07, 6.45) is 1.67. The van der Waals surface area contributed by atoms with Crippen LogP contribution in [0.15, 0.2) is 29.1 Å². The van der Waals surface area contributed by atoms with E-state index in [1.807, 2.05) is 30.0 Å². The summed E-state index contributed by atoms with van der Waals surface area (Å²) in [4.78, 5) is 28.6. The van der Waals surface area contributed by atoms with E-state index in [1.165, 1.54) is 0 Å². The third kappa shape index (κ3) is 4.99. The van der Waals surface area contributed by atoms with E-state index in [1.54, 1.807) is 22.9 Å². The van der Waals surface area contributed by atoms with Gasteiger partial charge in [-0.25, -0.2) is 4.68 Å². The second kappa shape index (κ2) is 8.31. The topological polar surface area (TPSA) is 84.2 Å². The second-order valence-electron chi connectivity index (χ2n) is 8.90. The van der Waals surface area contributed by atoms with Gasteiger partial charge in [0.2, 0.25) is 0 Å². The van der Waals surface area contributed by atoms with Crippen LogP contribution in [0.3, 0.4) is 0 Å². The Morgan fingerprint density at radius 1 is 1.10 bits per heavy atom. The molecular weight excluding hydrogens is 368 g/mol. The molecule has 2 aromatic rings. The van der Waals surface area contributed by atoms with Crippen molar-refractivity contribution in [2.75, 3.05) is 32.1 Å². The number of piperidine rings is 1. The molecule has 0 saturated carbocycles. The monoisotopic (exact) mass is 398 g/mol. The minimum absolute atomic E-state index is 0.0761. The van der Waals surface area contributed by atoms with E-state index < -0.39 is 0 Å². The highest BCUT2D eigenvalue weighted by Crippen LogP contribution is 2.21. The Kier molecular flexibility index (Phi) is 6.00. The van der Waals surface area contributed by atoms with Gasteiger partial charge in [-0.2, -0.15) is 5.10 Å². The number of hydrogen-bond acceptors (Lipinski definition) is 6. The fourth-order valence-corrected chi connectivity index (χ4v) is 3.38. The Morgan fingerprint density at radius 3 is 2.34 bits per heavy atom. The van der Waals surface area contributed by atoms with Crippen molar-refractivity contribution in [3.8, 4) is 0 Å². The number of anilines is 1. The molecule has 8 nitrogen and oxygen atoms in total. The summed E-state index contributed by atoms with van der Waals surface area (Å²) in [5.74, 6) is 0.948. The van der Waals surface area contributed by atoms with Crippen LogP contribution in [-0.4, -0.2) is 58.0 Å². The molecule has 156 valence electrons. The molecule has 0 spiro atoms. The van der Waals surface area contributed by atoms with Crippen molar-refractivity contribution in [2.45, 2.75) is 45.6 Å². The Labute approximate surface area is 171 Å². The Bertz CT molecular complexity index is 906. The molecule has 0 atom stereocenters. The minimum atomic E-state index is -0.103. The van der Waals surface area contributed by atoms with Gasteiger partial charge in [0.05, 0.1) is 5.69 Å². The molecule has 3 heterocycles. The summed E-state index contributed by atoms with van der Waals surface area (Å²) in [7, 11) is 3.77. The maximum Gasteiger partial charge on any atom is 0.274 e. The summed E-state index contributed by atoms with van der Waals surface area (Å²) in [5, 5.41) is 12.7. The number of carbonyl (C=O) groups is 1. The molecule has 8 heteroatoms. The van der Waals surface area contributed by atoms with Crippen molar-refractivity contribution >= 4 is 11.7 Å². The van der Waals surface area contributed by atoms with Crippen LogP contribution in [0.5, 0.6) is 0 Å². The molecule has 1 aliphatic rings. The lowest BCUT2D eigenvalue weighted by molar-refractivity contribution is 0.0673. The van der Waals surface area contributed by atoms with E-state index in [4.69, 9.17) is 0 Å². The highest BCUT2D eigenvalue weighted by Gasteiger charge is 2.26. The number of aromatic nitrogens is 4. The van der Waals surface area contributed by atoms with E-state index >= 15 is 0 Å². The fraction of sp³-hybridized carbons (Fsp3) is 0.571. The first-order valence-corrected chi connectivity index (χ1v) is 10.0. The summed E-state index contributed by atoms with van der Waals surface area (Å²) < 4.78 is 1.58. The zero-order valence-corrected chi connectivity index (χ0v) is 17.9. The van der Waals surface area contributed by atoms with E-state index in [0.717, 1.165) is 24.4 Å². The van der Waals surface area contributed by atoms with Gasteiger partial charge < -0.3 is 9.80 Å². The molecule has 0 unspecified atom stereocenters. The second-order valence-corrected chi connectivity index (χ2v) is 8.90. The standard InChI is InChI=1S/C21H30N6O2/c1-21(2,3)17-7-9-19(28)27(24-17)14-15-10-12-26(13-11-15)20(29)16-6-8-18(23-22-16)25(4)5/h6-9,15H,10-14H2,1-5H3. The van der Waals surface area contributed by atoms with Gasteiger partial charge in [0.1, 0.15) is 0 Å². The molecule has 29 heavy (non-hydrogen) atoms. The summed E-state index contributed by atoms with van der Waals surface area (Å²) in [6, 6.07) is 6.93. The van der Waals surface area contributed by atoms with E-state index in [-0.39, 0.29) is 16.9 Å². The number of carbonyl (C=O) groups excluding carboxylic acids is 1. The first-order chi connectivity index (χ1) is 13.6. The van der Waals surface area contributed by atoms with Gasteiger partial charge in [0.15, 0.2) is 11.5 Å². The third-order valence-corrected chi connectivity index (χ3v) is 5.30. The van der Waals surface area contributed by atoms with Gasteiger partial charge in [-0.1, -0.05) is 20.8 Å². The van der Waals surface area contributed by atoms with E-state index in [0.29, 0.717) is 31.2 Å². The zero-order chi connectivity index (χ0) is 21.2. The molecule has 0 bridgehead atoms. The number of hydrogen-bond donors (Lipinski definition) is 0. The zero-order valence-electron chi connectivity index (χ0n) is 17.9. The van der Waals surface area contributed by atoms with Crippen molar-refractivity contribution < 1.29 is 4.79 Å². The smallest absolute Gasteiger partial charge is 0.274 e. The maximum absolute atomic E-state index is 12.7. The number of nitrogens with zero attached hydrogens (tertiary/aromatic N) is 6. The molecule has 3 rings (SSSR count). The first-order valence-electron chi connectivity index (χ1n) is 10.0. The molecule has 0 N–H and O–H groups in total. The SMILES string of the molecule is CN(C)c1ccc(C(=O)N2CCC(Cn3nc(C(C)(C)C)ccc3=O)CC2)nn1. The molecule has 0 aliphatic carbocycles. The summed E-state index contributed by atoms with van der Waals surface area (Å²) in [6.45, 7) is 8.14. The molecule has 1 fully saturated rings. The van der Waals surface area contributed by atoms with E-state index in [2.05, 4.69) is 36.1 Å². The first kappa shape index (κ1) is 21.0. The number of amides is 1. The largest absolute Gasteiger partial charge is 0.361 e. The van der Waals surface area contributed by atoms with Crippen molar-refractivity contribution in [1.29, 1.82) is 0 Å². The molecule has 1 saturated heterocycles. The van der Waals surface area contributed by atoms with Gasteiger partial charge in [-0.15, -0.1) is 10.2 Å². The van der Waals surface area contributed by atoms with Gasteiger partial charge in [-0.3, -0.25) is 9.59 Å². The van der Waals surface area contributed by atoms with Gasteiger partial charge in [0, 0.05) is 45.2 Å². The maximum atomic E-state index is 12.7. The molecule has 1 aliphatic heterocycles. The van der Waals surface area contributed by atoms with Crippen LogP contribution in [0.4, 0.5) is 5.82 Å². The van der Waals surface area contributed by atoms with Gasteiger partial charge in [-0.05, 0) is 37.0 Å². The predicted octanol–water partition coefficient (Wildman–Crippen LogP) is 1.95. The molecular formula is C21H30N6O2. The molecule has 0 radical (unpaired) electrons. The van der Waals surface area contributed by atoms with E-state index in [9.17, 15) is 9.59 Å². The van der Waals surface area contributed by atoms with Gasteiger partial charge in [0.25, 0.3) is 11.5 Å². The Morgan fingerprint density at radius 2 is 1.79 bits per heavy atom. The highest BCUT2D eigenvalue weighted by molar-refractivity contribution is 5.92. The quantitative estimate of drug-likeness (QED) is 0.783. The lowest BCUT2D eigenvalue weighted by atomic mass is 9.92. The predicted molar refractivity (Wildman–Crippen MR) is 112 cm³/mol. The third-order valence-electron chi connectivity index (χ3n) is 5.30. The van der Waals surface area contributed by atoms with Crippen LogP contribution >= 0.6 is 0 Å². The molecule has 1 amide bonds. The van der Waals surface area contributed by atoms with Crippen LogP contribution < -0.4 is 10.5 Å². The normalized spacial score (nSPS) is 15.4. The minimum Gasteiger partial charge on any atom is -0.361 e. The number of likely N-dealkylation sites (tertiary alicyclic amines) is 1. The van der Waals surface area contributed by atoms with Crippen molar-refractivity contribution in [1.82, 2.24) is 24.9 Å². The van der Waals surface area contributed by atoms with Crippen molar-refractivity contribution in [2.24, 2.45) is 5.92 Å². The highest BCUT2D eigenvalue weighted by atomic mass is 16.2. The lowest BCUT2D eigenvalue weighted by Gasteiger charge is -2.32. The Hall–Kier alpha value is -2.77. The molecule has 2 aromatic heterocycles. The van der Waals surface area contributed by atoms with Crippen LogP contribution in [0, 0.1) is 5.92 Å². The summed E-state index contributed by atoms with van der Waals surface area (Å²) >= 11 is 0. The summed E-state index contributed by atoms with van der Waals surface area (Å²) in [5.41, 5.74) is 1.09. The average Bonchev–Trinajstić information content (AvgIpc) is 2.69.